The highest BCUT2D eigenvalue weighted by molar-refractivity contribution is 5.88. The summed E-state index contributed by atoms with van der Waals surface area (Å²) in [6.45, 7) is 5.84. The van der Waals surface area contributed by atoms with Crippen molar-refractivity contribution in [2.24, 2.45) is 11.8 Å². The average Bonchev–Trinajstić information content (AvgIpc) is 2.85. The molecule has 2 fully saturated rings. The van der Waals surface area contributed by atoms with Crippen molar-refractivity contribution in [1.29, 1.82) is 0 Å². The van der Waals surface area contributed by atoms with E-state index < -0.39 is 0 Å². The van der Waals surface area contributed by atoms with Crippen LogP contribution in [0.25, 0.3) is 21.9 Å². The van der Waals surface area contributed by atoms with Gasteiger partial charge in [-0.2, -0.15) is 0 Å². The molecule has 1 aliphatic heterocycles. The van der Waals surface area contributed by atoms with E-state index in [1.54, 1.807) is 6.20 Å². The highest BCUT2D eigenvalue weighted by atomic mass is 19.1. The molecule has 1 aromatic carbocycles. The van der Waals surface area contributed by atoms with E-state index in [0.29, 0.717) is 12.2 Å². The first-order valence-electron chi connectivity index (χ1n) is 12.5. The Bertz CT molecular complexity index is 1150. The van der Waals surface area contributed by atoms with Crippen LogP contribution in [0.2, 0.25) is 0 Å². The summed E-state index contributed by atoms with van der Waals surface area (Å²) in [5.41, 5.74) is 2.46. The highest BCUT2D eigenvalue weighted by Gasteiger charge is 2.28. The van der Waals surface area contributed by atoms with Crippen LogP contribution in [0.1, 0.15) is 31.4 Å². The predicted molar refractivity (Wildman–Crippen MR) is 133 cm³/mol. The first kappa shape index (κ1) is 23.1. The molecule has 178 valence electrons. The van der Waals surface area contributed by atoms with Gasteiger partial charge in [0.1, 0.15) is 11.6 Å². The summed E-state index contributed by atoms with van der Waals surface area (Å²) in [5.74, 6) is 0.847. The van der Waals surface area contributed by atoms with E-state index in [4.69, 9.17) is 0 Å². The Balaban J connectivity index is 1.19. The zero-order valence-electron chi connectivity index (χ0n) is 19.9. The van der Waals surface area contributed by atoms with Gasteiger partial charge in [0.2, 0.25) is 0 Å². The largest absolute Gasteiger partial charge is 0.304 e. The second-order valence-corrected chi connectivity index (χ2v) is 10.1. The number of ketones is 1. The molecule has 5 nitrogen and oxygen atoms in total. The molecule has 1 aliphatic carbocycles. The van der Waals surface area contributed by atoms with Gasteiger partial charge in [0, 0.05) is 74.1 Å². The third-order valence-electron chi connectivity index (χ3n) is 7.59. The Labute approximate surface area is 201 Å². The Morgan fingerprint density at radius 3 is 2.50 bits per heavy atom. The van der Waals surface area contributed by atoms with Gasteiger partial charge in [-0.3, -0.25) is 14.8 Å². The second kappa shape index (κ2) is 10.3. The minimum atomic E-state index is -0.350. The standard InChI is InChI=1S/C28H33FN4O/c1-32-8-10-33(11-9-32)19-20-2-4-21(5-3-20)28(34)15-27-14-24-12-22(6-7-23(24)17-31-27)25-13-26(29)18-30-16-25/h6-7,12-14,16-18,20-21H,2-5,8-11,15,19H2,1H3. The zero-order valence-corrected chi connectivity index (χ0v) is 19.9. The van der Waals surface area contributed by atoms with Gasteiger partial charge in [-0.15, -0.1) is 0 Å². The molecule has 1 saturated carbocycles. The number of nitrogens with zero attached hydrogens (tertiary/aromatic N) is 4. The van der Waals surface area contributed by atoms with E-state index in [1.807, 2.05) is 30.5 Å². The number of hydrogen-bond acceptors (Lipinski definition) is 5. The van der Waals surface area contributed by atoms with Crippen molar-refractivity contribution in [2.75, 3.05) is 39.8 Å². The molecule has 5 rings (SSSR count). The van der Waals surface area contributed by atoms with Crippen molar-refractivity contribution < 1.29 is 9.18 Å². The number of carbonyl (C=O) groups excluding carboxylic acids is 1. The fraction of sp³-hybridized carbons (Fsp3) is 0.464. The summed E-state index contributed by atoms with van der Waals surface area (Å²) in [6.07, 6.45) is 9.39. The van der Waals surface area contributed by atoms with Gasteiger partial charge in [0.15, 0.2) is 0 Å². The number of Topliss-reactive ketones (excluding diaryl/α,β-unsaturated/α-hetero) is 1. The van der Waals surface area contributed by atoms with Crippen LogP contribution in [0.4, 0.5) is 4.39 Å². The van der Waals surface area contributed by atoms with Crippen LogP contribution in [-0.4, -0.2) is 65.3 Å². The molecular weight excluding hydrogens is 427 g/mol. The van der Waals surface area contributed by atoms with Crippen LogP contribution in [0.15, 0.2) is 48.9 Å². The van der Waals surface area contributed by atoms with Gasteiger partial charge in [-0.1, -0.05) is 12.1 Å². The van der Waals surface area contributed by atoms with Crippen LogP contribution in [-0.2, 0) is 11.2 Å². The maximum atomic E-state index is 13.6. The monoisotopic (exact) mass is 460 g/mol. The molecule has 6 heteroatoms. The molecular formula is C28H33FN4O. The maximum Gasteiger partial charge on any atom is 0.142 e. The highest BCUT2D eigenvalue weighted by Crippen LogP contribution is 2.31. The number of halogens is 1. The number of fused-ring (bicyclic) bond motifs is 1. The molecule has 0 amide bonds. The van der Waals surface area contributed by atoms with Crippen LogP contribution >= 0.6 is 0 Å². The molecule has 2 aliphatic rings. The fourth-order valence-electron chi connectivity index (χ4n) is 5.42. The number of likely N-dealkylation sites (N-methyl/N-ethyl adjacent to an activating group) is 1. The molecule has 1 saturated heterocycles. The number of rotatable bonds is 6. The van der Waals surface area contributed by atoms with Crippen molar-refractivity contribution in [3.63, 3.8) is 0 Å². The second-order valence-electron chi connectivity index (χ2n) is 10.1. The Morgan fingerprint density at radius 1 is 0.941 bits per heavy atom. The number of aromatic nitrogens is 2. The molecule has 3 heterocycles. The summed E-state index contributed by atoms with van der Waals surface area (Å²) in [6, 6.07) is 9.44. The lowest BCUT2D eigenvalue weighted by Crippen LogP contribution is -2.46. The third kappa shape index (κ3) is 5.50. The summed E-state index contributed by atoms with van der Waals surface area (Å²) >= 11 is 0. The summed E-state index contributed by atoms with van der Waals surface area (Å²) in [4.78, 5) is 26.6. The number of hydrogen-bond donors (Lipinski definition) is 0. The third-order valence-corrected chi connectivity index (χ3v) is 7.59. The number of benzene rings is 1. The van der Waals surface area contributed by atoms with Crippen molar-refractivity contribution >= 4 is 16.6 Å². The van der Waals surface area contributed by atoms with Crippen molar-refractivity contribution in [3.05, 3.63) is 60.4 Å². The minimum absolute atomic E-state index is 0.158. The molecule has 3 aromatic rings. The first-order valence-corrected chi connectivity index (χ1v) is 12.5. The predicted octanol–water partition coefficient (Wildman–Crippen LogP) is 4.60. The quantitative estimate of drug-likeness (QED) is 0.538. The minimum Gasteiger partial charge on any atom is -0.304 e. The van der Waals surface area contributed by atoms with E-state index in [9.17, 15) is 9.18 Å². The lowest BCUT2D eigenvalue weighted by molar-refractivity contribution is -0.123. The molecule has 0 N–H and O–H groups in total. The van der Waals surface area contributed by atoms with Crippen molar-refractivity contribution in [1.82, 2.24) is 19.8 Å². The van der Waals surface area contributed by atoms with E-state index >= 15 is 0 Å². The summed E-state index contributed by atoms with van der Waals surface area (Å²) in [5, 5.41) is 2.02. The Morgan fingerprint density at radius 2 is 1.74 bits per heavy atom. The lowest BCUT2D eigenvalue weighted by atomic mass is 9.79. The number of piperazine rings is 1. The van der Waals surface area contributed by atoms with E-state index in [0.717, 1.165) is 72.3 Å². The van der Waals surface area contributed by atoms with E-state index in [-0.39, 0.29) is 11.7 Å². The van der Waals surface area contributed by atoms with Gasteiger partial charge < -0.3 is 9.80 Å². The molecule has 0 radical (unpaired) electrons. The lowest BCUT2D eigenvalue weighted by Gasteiger charge is -2.36. The molecule has 0 atom stereocenters. The SMILES string of the molecule is CN1CCN(CC2CCC(C(=O)Cc3cc4cc(-c5cncc(F)c5)ccc4cn3)CC2)CC1. The average molecular weight is 461 g/mol. The molecule has 0 unspecified atom stereocenters. The fourth-order valence-corrected chi connectivity index (χ4v) is 5.42. The summed E-state index contributed by atoms with van der Waals surface area (Å²) < 4.78 is 13.6. The van der Waals surface area contributed by atoms with Gasteiger partial charge in [0.05, 0.1) is 6.20 Å². The normalized spacial score (nSPS) is 22.2. The molecule has 2 aromatic heterocycles. The van der Waals surface area contributed by atoms with E-state index in [2.05, 4.69) is 26.8 Å². The molecule has 34 heavy (non-hydrogen) atoms. The van der Waals surface area contributed by atoms with Gasteiger partial charge in [-0.25, -0.2) is 4.39 Å². The molecule has 0 bridgehead atoms. The maximum absolute atomic E-state index is 13.6. The van der Waals surface area contributed by atoms with E-state index in [1.165, 1.54) is 31.9 Å². The first-order chi connectivity index (χ1) is 16.5. The Kier molecular flexibility index (Phi) is 6.97. The number of pyridine rings is 2. The topological polar surface area (TPSA) is 49.3 Å². The zero-order chi connectivity index (χ0) is 23.5. The number of carbonyl (C=O) groups is 1. The summed E-state index contributed by atoms with van der Waals surface area (Å²) in [7, 11) is 2.19. The Hall–Kier alpha value is -2.70. The van der Waals surface area contributed by atoms with Crippen molar-refractivity contribution in [2.45, 2.75) is 32.1 Å². The smallest absolute Gasteiger partial charge is 0.142 e. The van der Waals surface area contributed by atoms with Gasteiger partial charge in [0.25, 0.3) is 0 Å². The van der Waals surface area contributed by atoms with Crippen LogP contribution in [0.3, 0.4) is 0 Å². The van der Waals surface area contributed by atoms with Crippen LogP contribution in [0, 0.1) is 17.7 Å². The molecule has 0 spiro atoms. The van der Waals surface area contributed by atoms with Gasteiger partial charge >= 0.3 is 0 Å². The van der Waals surface area contributed by atoms with Crippen LogP contribution < -0.4 is 0 Å². The van der Waals surface area contributed by atoms with Crippen molar-refractivity contribution in [3.8, 4) is 11.1 Å². The van der Waals surface area contributed by atoms with Crippen LogP contribution in [0.5, 0.6) is 0 Å². The van der Waals surface area contributed by atoms with Gasteiger partial charge in [-0.05, 0) is 67.8 Å².